The highest BCUT2D eigenvalue weighted by molar-refractivity contribution is 7.17. The van der Waals surface area contributed by atoms with Crippen molar-refractivity contribution in [2.24, 2.45) is 5.16 Å². The summed E-state index contributed by atoms with van der Waals surface area (Å²) in [7, 11) is 1.47. The van der Waals surface area contributed by atoms with Crippen LogP contribution in [0.3, 0.4) is 0 Å². The number of halogens is 3. The third-order valence-electron chi connectivity index (χ3n) is 2.69. The fourth-order valence-corrected chi connectivity index (χ4v) is 2.64. The molecule has 0 saturated carbocycles. The highest BCUT2D eigenvalue weighted by Gasteiger charge is 2.29. The largest absolute Gasteiger partial charge is 0.416 e. The van der Waals surface area contributed by atoms with Crippen molar-refractivity contribution in [3.8, 4) is 10.4 Å². The Labute approximate surface area is 118 Å². The quantitative estimate of drug-likeness (QED) is 0.589. The number of hydrogen-bond acceptors (Lipinski definition) is 3. The van der Waals surface area contributed by atoms with E-state index in [1.165, 1.54) is 30.6 Å². The van der Waals surface area contributed by atoms with Crippen molar-refractivity contribution in [3.05, 3.63) is 46.8 Å². The van der Waals surface area contributed by atoms with Crippen molar-refractivity contribution >= 4 is 17.0 Å². The predicted octanol–water partition coefficient (Wildman–Crippen LogP) is 4.80. The first kappa shape index (κ1) is 14.6. The molecule has 0 radical (unpaired) electrons. The zero-order valence-electron chi connectivity index (χ0n) is 10.9. The Morgan fingerprint density at radius 2 is 1.75 bits per heavy atom. The van der Waals surface area contributed by atoms with E-state index in [1.807, 2.05) is 19.1 Å². The number of benzene rings is 1. The van der Waals surface area contributed by atoms with E-state index in [4.69, 9.17) is 4.84 Å². The molecule has 0 fully saturated rings. The summed E-state index contributed by atoms with van der Waals surface area (Å²) in [5, 5.41) is 3.83. The van der Waals surface area contributed by atoms with E-state index in [-0.39, 0.29) is 0 Å². The van der Waals surface area contributed by atoms with Gasteiger partial charge in [0.15, 0.2) is 0 Å². The summed E-state index contributed by atoms with van der Waals surface area (Å²) in [4.78, 5) is 6.50. The lowest BCUT2D eigenvalue weighted by Gasteiger charge is -2.06. The van der Waals surface area contributed by atoms with Crippen LogP contribution in [-0.4, -0.2) is 12.8 Å². The van der Waals surface area contributed by atoms with Gasteiger partial charge in [-0.2, -0.15) is 13.2 Å². The van der Waals surface area contributed by atoms with Gasteiger partial charge >= 0.3 is 6.18 Å². The maximum Gasteiger partial charge on any atom is 0.416 e. The van der Waals surface area contributed by atoms with Crippen molar-refractivity contribution in [3.63, 3.8) is 0 Å². The van der Waals surface area contributed by atoms with E-state index in [9.17, 15) is 13.2 Å². The zero-order valence-corrected chi connectivity index (χ0v) is 11.7. The molecule has 20 heavy (non-hydrogen) atoms. The molecule has 0 aliphatic carbocycles. The first-order chi connectivity index (χ1) is 9.41. The van der Waals surface area contributed by atoms with Crippen molar-refractivity contribution in [2.45, 2.75) is 13.1 Å². The van der Waals surface area contributed by atoms with E-state index < -0.39 is 11.7 Å². The molecule has 2 aromatic rings. The average molecular weight is 299 g/mol. The highest BCUT2D eigenvalue weighted by atomic mass is 32.1. The molecule has 0 spiro atoms. The van der Waals surface area contributed by atoms with E-state index in [2.05, 4.69) is 5.16 Å². The first-order valence-corrected chi connectivity index (χ1v) is 6.59. The molecule has 2 nitrogen and oxygen atoms in total. The van der Waals surface area contributed by atoms with Gasteiger partial charge in [0.05, 0.1) is 16.2 Å². The molecule has 0 amide bonds. The topological polar surface area (TPSA) is 21.6 Å². The minimum atomic E-state index is -4.30. The maximum atomic E-state index is 12.5. The third kappa shape index (κ3) is 3.19. The number of hydrogen-bond donors (Lipinski definition) is 0. The number of nitrogens with zero attached hydrogens (tertiary/aromatic N) is 1. The van der Waals surface area contributed by atoms with Crippen LogP contribution in [0.4, 0.5) is 13.2 Å². The summed E-state index contributed by atoms with van der Waals surface area (Å²) in [6, 6.07) is 8.85. The van der Waals surface area contributed by atoms with Crippen LogP contribution in [0.5, 0.6) is 0 Å². The van der Waals surface area contributed by atoms with Crippen LogP contribution in [0.15, 0.2) is 41.6 Å². The Morgan fingerprint density at radius 3 is 2.30 bits per heavy atom. The number of thiophene rings is 1. The molecular weight excluding hydrogens is 287 g/mol. The molecule has 0 atom stereocenters. The normalized spacial score (nSPS) is 12.6. The van der Waals surface area contributed by atoms with E-state index in [1.54, 1.807) is 0 Å². The summed E-state index contributed by atoms with van der Waals surface area (Å²) >= 11 is 1.46. The molecule has 0 unspecified atom stereocenters. The molecule has 0 aliphatic rings. The lowest BCUT2D eigenvalue weighted by Crippen LogP contribution is -2.03. The monoisotopic (exact) mass is 299 g/mol. The molecule has 1 aromatic heterocycles. The van der Waals surface area contributed by atoms with Crippen LogP contribution in [0, 0.1) is 0 Å². The molecule has 0 aliphatic heterocycles. The highest BCUT2D eigenvalue weighted by Crippen LogP contribution is 2.33. The van der Waals surface area contributed by atoms with Crippen LogP contribution >= 0.6 is 11.3 Å². The van der Waals surface area contributed by atoms with Gasteiger partial charge in [-0.25, -0.2) is 0 Å². The zero-order chi connectivity index (χ0) is 14.8. The second kappa shape index (κ2) is 5.66. The minimum Gasteiger partial charge on any atom is -0.399 e. The van der Waals surface area contributed by atoms with Gasteiger partial charge in [-0.15, -0.1) is 11.3 Å². The third-order valence-corrected chi connectivity index (χ3v) is 3.93. The minimum absolute atomic E-state index is 0.643. The molecule has 1 aromatic carbocycles. The summed E-state index contributed by atoms with van der Waals surface area (Å²) in [6.07, 6.45) is -4.30. The summed E-state index contributed by atoms with van der Waals surface area (Å²) in [5.41, 5.74) is 0.838. The van der Waals surface area contributed by atoms with Crippen LogP contribution in [0.1, 0.15) is 17.4 Å². The Balaban J connectivity index is 2.27. The van der Waals surface area contributed by atoms with Crippen molar-refractivity contribution in [1.82, 2.24) is 0 Å². The standard InChI is InChI=1S/C14H12F3NOS/c1-9(18-19-2)12-7-8-13(20-12)10-3-5-11(6-4-10)14(15,16)17/h3-8H,1-2H3. The maximum absolute atomic E-state index is 12.5. The Morgan fingerprint density at radius 1 is 1.10 bits per heavy atom. The van der Waals surface area contributed by atoms with Gasteiger partial charge in [-0.1, -0.05) is 17.3 Å². The van der Waals surface area contributed by atoms with Gasteiger partial charge in [0.1, 0.15) is 7.11 Å². The second-order valence-electron chi connectivity index (χ2n) is 4.10. The van der Waals surface area contributed by atoms with Crippen LogP contribution in [0.2, 0.25) is 0 Å². The van der Waals surface area contributed by atoms with Crippen molar-refractivity contribution in [2.75, 3.05) is 7.11 Å². The summed E-state index contributed by atoms with van der Waals surface area (Å²) in [5.74, 6) is 0. The molecule has 0 N–H and O–H groups in total. The van der Waals surface area contributed by atoms with Gasteiger partial charge < -0.3 is 4.84 Å². The van der Waals surface area contributed by atoms with E-state index in [0.717, 1.165) is 33.2 Å². The number of alkyl halides is 3. The van der Waals surface area contributed by atoms with E-state index in [0.29, 0.717) is 0 Å². The van der Waals surface area contributed by atoms with Crippen LogP contribution in [0.25, 0.3) is 10.4 Å². The predicted molar refractivity (Wildman–Crippen MR) is 74.0 cm³/mol. The Kier molecular flexibility index (Phi) is 4.13. The van der Waals surface area contributed by atoms with Gasteiger partial charge in [-0.3, -0.25) is 0 Å². The van der Waals surface area contributed by atoms with Gasteiger partial charge in [-0.05, 0) is 36.8 Å². The summed E-state index contributed by atoms with van der Waals surface area (Å²) in [6.45, 7) is 1.81. The van der Waals surface area contributed by atoms with Crippen molar-refractivity contribution in [1.29, 1.82) is 0 Å². The van der Waals surface area contributed by atoms with Gasteiger partial charge in [0, 0.05) is 4.88 Å². The van der Waals surface area contributed by atoms with E-state index >= 15 is 0 Å². The Bertz CT molecular complexity index is 614. The molecule has 106 valence electrons. The molecular formula is C14H12F3NOS. The van der Waals surface area contributed by atoms with Crippen LogP contribution < -0.4 is 0 Å². The fourth-order valence-electron chi connectivity index (χ4n) is 1.69. The lowest BCUT2D eigenvalue weighted by atomic mass is 10.1. The average Bonchev–Trinajstić information content (AvgIpc) is 2.88. The molecule has 2 rings (SSSR count). The SMILES string of the molecule is CON=C(C)c1ccc(-c2ccc(C(F)(F)F)cc2)s1. The number of rotatable bonds is 3. The fraction of sp³-hybridized carbons (Fsp3) is 0.214. The van der Waals surface area contributed by atoms with Gasteiger partial charge in [0.2, 0.25) is 0 Å². The Hall–Kier alpha value is -1.82. The van der Waals surface area contributed by atoms with Crippen molar-refractivity contribution < 1.29 is 18.0 Å². The second-order valence-corrected chi connectivity index (χ2v) is 5.18. The lowest BCUT2D eigenvalue weighted by molar-refractivity contribution is -0.137. The molecule has 1 heterocycles. The smallest absolute Gasteiger partial charge is 0.399 e. The van der Waals surface area contributed by atoms with Crippen LogP contribution in [-0.2, 0) is 11.0 Å². The number of oxime groups is 1. The molecule has 0 saturated heterocycles. The molecule has 0 bridgehead atoms. The van der Waals surface area contributed by atoms with Gasteiger partial charge in [0.25, 0.3) is 0 Å². The molecule has 6 heteroatoms. The summed E-state index contributed by atoms with van der Waals surface area (Å²) < 4.78 is 37.5. The first-order valence-electron chi connectivity index (χ1n) is 5.77.